The number of hydrogen-bond acceptors (Lipinski definition) is 2. The van der Waals surface area contributed by atoms with Crippen molar-refractivity contribution in [2.24, 2.45) is 0 Å². The fraction of sp³-hybridized carbons (Fsp3) is 0.600. The smallest absolute Gasteiger partial charge is 0.0621 e. The van der Waals surface area contributed by atoms with Crippen LogP contribution in [0.3, 0.4) is 0 Å². The molecule has 1 aromatic heterocycles. The van der Waals surface area contributed by atoms with Crippen LogP contribution in [0, 0.1) is 0 Å². The molecule has 1 fully saturated rings. The van der Waals surface area contributed by atoms with Gasteiger partial charge < -0.3 is 0 Å². The van der Waals surface area contributed by atoms with Crippen molar-refractivity contribution in [2.45, 2.75) is 38.5 Å². The molecule has 12 heavy (non-hydrogen) atoms. The van der Waals surface area contributed by atoms with E-state index in [0.29, 0.717) is 5.92 Å². The first kappa shape index (κ1) is 7.71. The lowest BCUT2D eigenvalue weighted by molar-refractivity contribution is 0.791. The summed E-state index contributed by atoms with van der Waals surface area (Å²) < 4.78 is 0. The topological polar surface area (TPSA) is 25.8 Å². The van der Waals surface area contributed by atoms with Gasteiger partial charge in [0.25, 0.3) is 0 Å². The van der Waals surface area contributed by atoms with Gasteiger partial charge in [-0.3, -0.25) is 9.97 Å². The van der Waals surface area contributed by atoms with Gasteiger partial charge in [-0.2, -0.15) is 0 Å². The van der Waals surface area contributed by atoms with E-state index >= 15 is 0 Å². The van der Waals surface area contributed by atoms with Gasteiger partial charge in [0.05, 0.1) is 11.4 Å². The van der Waals surface area contributed by atoms with Crippen molar-refractivity contribution >= 4 is 0 Å². The molecule has 2 rings (SSSR count). The molecular formula is C10H14N2. The van der Waals surface area contributed by atoms with E-state index in [1.807, 2.05) is 12.4 Å². The van der Waals surface area contributed by atoms with Gasteiger partial charge in [-0.15, -0.1) is 0 Å². The quantitative estimate of drug-likeness (QED) is 0.667. The van der Waals surface area contributed by atoms with Crippen molar-refractivity contribution in [3.63, 3.8) is 0 Å². The maximum absolute atomic E-state index is 4.57. The Morgan fingerprint density at radius 2 is 2.08 bits per heavy atom. The zero-order chi connectivity index (χ0) is 8.55. The van der Waals surface area contributed by atoms with Crippen LogP contribution in [-0.2, 0) is 0 Å². The number of nitrogens with zero attached hydrogens (tertiary/aromatic N) is 2. The molecule has 0 aliphatic heterocycles. The number of hydrogen-bond donors (Lipinski definition) is 0. The van der Waals surface area contributed by atoms with E-state index < -0.39 is 0 Å². The van der Waals surface area contributed by atoms with Crippen LogP contribution >= 0.6 is 0 Å². The zero-order valence-corrected chi connectivity index (χ0v) is 7.62. The maximum Gasteiger partial charge on any atom is 0.0621 e. The molecule has 1 heterocycles. The lowest BCUT2D eigenvalue weighted by Gasteiger charge is -2.04. The second kappa shape index (κ2) is 2.85. The van der Waals surface area contributed by atoms with E-state index in [1.54, 1.807) is 0 Å². The average molecular weight is 162 g/mol. The van der Waals surface area contributed by atoms with Crippen LogP contribution in [0.4, 0.5) is 0 Å². The first-order chi connectivity index (χ1) is 5.77. The predicted molar refractivity (Wildman–Crippen MR) is 48.1 cm³/mol. The summed E-state index contributed by atoms with van der Waals surface area (Å²) in [6, 6.07) is 0. The third kappa shape index (κ3) is 1.47. The van der Waals surface area contributed by atoms with Crippen LogP contribution in [0.5, 0.6) is 0 Å². The minimum Gasteiger partial charge on any atom is -0.261 e. The van der Waals surface area contributed by atoms with Crippen LogP contribution in [0.1, 0.15) is 49.9 Å². The third-order valence-corrected chi connectivity index (χ3v) is 2.26. The van der Waals surface area contributed by atoms with E-state index in [0.717, 1.165) is 11.6 Å². The molecule has 0 N–H and O–H groups in total. The van der Waals surface area contributed by atoms with Crippen LogP contribution < -0.4 is 0 Å². The SMILES string of the molecule is CC(C)c1cncc(C2CC2)n1. The second-order valence-corrected chi connectivity index (χ2v) is 3.80. The average Bonchev–Trinajstić information content (AvgIpc) is 2.87. The van der Waals surface area contributed by atoms with E-state index in [-0.39, 0.29) is 0 Å². The Morgan fingerprint density at radius 3 is 2.67 bits per heavy atom. The van der Waals surface area contributed by atoms with Crippen molar-refractivity contribution in [3.05, 3.63) is 23.8 Å². The van der Waals surface area contributed by atoms with Gasteiger partial charge >= 0.3 is 0 Å². The number of rotatable bonds is 2. The molecule has 2 nitrogen and oxygen atoms in total. The van der Waals surface area contributed by atoms with Gasteiger partial charge in [-0.1, -0.05) is 13.8 Å². The Labute approximate surface area is 73.1 Å². The Hall–Kier alpha value is -0.920. The number of aromatic nitrogens is 2. The van der Waals surface area contributed by atoms with Crippen molar-refractivity contribution in [3.8, 4) is 0 Å². The minimum atomic E-state index is 0.496. The molecular weight excluding hydrogens is 148 g/mol. The molecule has 1 aromatic rings. The molecule has 1 aliphatic rings. The Kier molecular flexibility index (Phi) is 1.83. The highest BCUT2D eigenvalue weighted by molar-refractivity contribution is 5.14. The summed E-state index contributed by atoms with van der Waals surface area (Å²) in [4.78, 5) is 8.78. The zero-order valence-electron chi connectivity index (χ0n) is 7.62. The Morgan fingerprint density at radius 1 is 1.33 bits per heavy atom. The van der Waals surface area contributed by atoms with E-state index in [1.165, 1.54) is 18.5 Å². The first-order valence-electron chi connectivity index (χ1n) is 4.59. The summed E-state index contributed by atoms with van der Waals surface area (Å²) in [5.41, 5.74) is 2.32. The normalized spacial score (nSPS) is 16.9. The lowest BCUT2D eigenvalue weighted by Crippen LogP contribution is -1.97. The van der Waals surface area contributed by atoms with E-state index in [4.69, 9.17) is 0 Å². The summed E-state index contributed by atoms with van der Waals surface area (Å²) >= 11 is 0. The van der Waals surface area contributed by atoms with Gasteiger partial charge in [0.15, 0.2) is 0 Å². The third-order valence-electron chi connectivity index (χ3n) is 2.26. The van der Waals surface area contributed by atoms with Crippen molar-refractivity contribution in [1.82, 2.24) is 9.97 Å². The van der Waals surface area contributed by atoms with Crippen LogP contribution in [0.15, 0.2) is 12.4 Å². The van der Waals surface area contributed by atoms with Gasteiger partial charge in [0.2, 0.25) is 0 Å². The van der Waals surface area contributed by atoms with E-state index in [2.05, 4.69) is 23.8 Å². The van der Waals surface area contributed by atoms with Gasteiger partial charge in [-0.05, 0) is 18.8 Å². The van der Waals surface area contributed by atoms with Crippen LogP contribution in [-0.4, -0.2) is 9.97 Å². The molecule has 0 radical (unpaired) electrons. The molecule has 64 valence electrons. The largest absolute Gasteiger partial charge is 0.261 e. The predicted octanol–water partition coefficient (Wildman–Crippen LogP) is 2.48. The molecule has 0 atom stereocenters. The summed E-state index contributed by atoms with van der Waals surface area (Å²) in [6.45, 7) is 4.31. The van der Waals surface area contributed by atoms with Crippen LogP contribution in [0.25, 0.3) is 0 Å². The summed E-state index contributed by atoms with van der Waals surface area (Å²) in [5, 5.41) is 0. The molecule has 0 amide bonds. The summed E-state index contributed by atoms with van der Waals surface area (Å²) in [5.74, 6) is 1.22. The molecule has 2 heteroatoms. The lowest BCUT2D eigenvalue weighted by atomic mass is 10.1. The minimum absolute atomic E-state index is 0.496. The first-order valence-corrected chi connectivity index (χ1v) is 4.59. The highest BCUT2D eigenvalue weighted by Gasteiger charge is 2.25. The summed E-state index contributed by atoms with van der Waals surface area (Å²) in [6.07, 6.45) is 6.38. The highest BCUT2D eigenvalue weighted by atomic mass is 14.8. The van der Waals surface area contributed by atoms with Crippen LogP contribution in [0.2, 0.25) is 0 Å². The van der Waals surface area contributed by atoms with E-state index in [9.17, 15) is 0 Å². The standard InChI is InChI=1S/C10H14N2/c1-7(2)9-5-11-6-10(12-9)8-3-4-8/h5-8H,3-4H2,1-2H3. The second-order valence-electron chi connectivity index (χ2n) is 3.80. The Balaban J connectivity index is 2.26. The molecule has 0 bridgehead atoms. The van der Waals surface area contributed by atoms with Gasteiger partial charge in [-0.25, -0.2) is 0 Å². The maximum atomic E-state index is 4.57. The molecule has 1 saturated carbocycles. The monoisotopic (exact) mass is 162 g/mol. The van der Waals surface area contributed by atoms with Crippen molar-refractivity contribution in [1.29, 1.82) is 0 Å². The molecule has 0 unspecified atom stereocenters. The van der Waals surface area contributed by atoms with Crippen molar-refractivity contribution < 1.29 is 0 Å². The fourth-order valence-corrected chi connectivity index (χ4v) is 1.25. The molecule has 0 saturated heterocycles. The Bertz CT molecular complexity index is 260. The highest BCUT2D eigenvalue weighted by Crippen LogP contribution is 2.38. The molecule has 1 aliphatic carbocycles. The van der Waals surface area contributed by atoms with Gasteiger partial charge in [0.1, 0.15) is 0 Å². The summed E-state index contributed by atoms with van der Waals surface area (Å²) in [7, 11) is 0. The molecule has 0 spiro atoms. The molecule has 0 aromatic carbocycles. The fourth-order valence-electron chi connectivity index (χ4n) is 1.25. The van der Waals surface area contributed by atoms with Gasteiger partial charge in [0, 0.05) is 18.3 Å². The van der Waals surface area contributed by atoms with Crippen molar-refractivity contribution in [2.75, 3.05) is 0 Å².